The highest BCUT2D eigenvalue weighted by Gasteiger charge is 2.23. The molecule has 0 radical (unpaired) electrons. The Bertz CT molecular complexity index is 794. The molecule has 8 heteroatoms. The number of benzene rings is 1. The van der Waals surface area contributed by atoms with Gasteiger partial charge in [-0.15, -0.1) is 0 Å². The van der Waals surface area contributed by atoms with E-state index in [4.69, 9.17) is 0 Å². The standard InChI is InChI=1S/C24H37N5O3/c1-19-6-3-4-12-27(19)16-17-29(13-9-23(31)28-14-10-25-11-15-28)24(32)21-7-5-8-22(18-21)26-20(2)30/h5,7-8,18-19,25H,3-4,6,9-17H2,1-2H3,(H,26,30). The van der Waals surface area contributed by atoms with Crippen molar-refractivity contribution in [3.63, 3.8) is 0 Å². The molecule has 3 amide bonds. The van der Waals surface area contributed by atoms with Gasteiger partial charge in [-0.05, 0) is 44.5 Å². The Hall–Kier alpha value is -2.45. The smallest absolute Gasteiger partial charge is 0.253 e. The molecular weight excluding hydrogens is 406 g/mol. The Morgan fingerprint density at radius 3 is 2.62 bits per heavy atom. The van der Waals surface area contributed by atoms with Gasteiger partial charge in [-0.2, -0.15) is 0 Å². The number of carbonyl (C=O) groups is 3. The Morgan fingerprint density at radius 2 is 1.91 bits per heavy atom. The average molecular weight is 444 g/mol. The predicted molar refractivity (Wildman–Crippen MR) is 126 cm³/mol. The molecule has 2 N–H and O–H groups in total. The topological polar surface area (TPSA) is 85.0 Å². The van der Waals surface area contributed by atoms with E-state index in [1.165, 1.54) is 26.2 Å². The Morgan fingerprint density at radius 1 is 1.12 bits per heavy atom. The molecule has 0 aromatic heterocycles. The lowest BCUT2D eigenvalue weighted by Gasteiger charge is -2.35. The first-order valence-electron chi connectivity index (χ1n) is 11.8. The van der Waals surface area contributed by atoms with Crippen molar-refractivity contribution in [2.45, 2.75) is 45.6 Å². The van der Waals surface area contributed by atoms with E-state index in [0.29, 0.717) is 36.8 Å². The lowest BCUT2D eigenvalue weighted by Crippen LogP contribution is -2.48. The van der Waals surface area contributed by atoms with Crippen molar-refractivity contribution >= 4 is 23.4 Å². The highest BCUT2D eigenvalue weighted by atomic mass is 16.2. The molecule has 2 fully saturated rings. The molecule has 1 atom stereocenters. The minimum absolute atomic E-state index is 0.0997. The number of amides is 3. The average Bonchev–Trinajstić information content (AvgIpc) is 2.80. The number of anilines is 1. The van der Waals surface area contributed by atoms with Crippen LogP contribution in [0.2, 0.25) is 0 Å². The van der Waals surface area contributed by atoms with Crippen LogP contribution in [0.3, 0.4) is 0 Å². The van der Waals surface area contributed by atoms with Crippen LogP contribution < -0.4 is 10.6 Å². The highest BCUT2D eigenvalue weighted by molar-refractivity contribution is 5.97. The maximum atomic E-state index is 13.4. The van der Waals surface area contributed by atoms with E-state index in [1.807, 2.05) is 4.90 Å². The monoisotopic (exact) mass is 443 g/mol. The van der Waals surface area contributed by atoms with Crippen molar-refractivity contribution in [2.24, 2.45) is 0 Å². The zero-order chi connectivity index (χ0) is 22.9. The fourth-order valence-corrected chi connectivity index (χ4v) is 4.47. The maximum Gasteiger partial charge on any atom is 0.253 e. The second-order valence-corrected chi connectivity index (χ2v) is 8.82. The minimum atomic E-state index is -0.174. The molecule has 2 heterocycles. The van der Waals surface area contributed by atoms with Gasteiger partial charge in [-0.3, -0.25) is 19.3 Å². The summed E-state index contributed by atoms with van der Waals surface area (Å²) in [7, 11) is 0. The summed E-state index contributed by atoms with van der Waals surface area (Å²) in [5, 5.41) is 6.00. The molecule has 176 valence electrons. The largest absolute Gasteiger partial charge is 0.340 e. The second kappa shape index (κ2) is 12.0. The molecule has 2 aliphatic heterocycles. The summed E-state index contributed by atoms with van der Waals surface area (Å²) in [6.45, 7) is 9.61. The first kappa shape index (κ1) is 24.2. The van der Waals surface area contributed by atoms with E-state index in [1.54, 1.807) is 29.2 Å². The number of nitrogens with one attached hydrogen (secondary N) is 2. The van der Waals surface area contributed by atoms with Crippen molar-refractivity contribution in [2.75, 3.05) is 57.7 Å². The van der Waals surface area contributed by atoms with E-state index in [0.717, 1.165) is 39.3 Å². The van der Waals surface area contributed by atoms with Crippen molar-refractivity contribution in [1.82, 2.24) is 20.0 Å². The number of rotatable bonds is 8. The molecule has 32 heavy (non-hydrogen) atoms. The van der Waals surface area contributed by atoms with Crippen molar-refractivity contribution in [3.8, 4) is 0 Å². The number of piperidine rings is 1. The summed E-state index contributed by atoms with van der Waals surface area (Å²) in [5.41, 5.74) is 1.13. The molecule has 0 aliphatic carbocycles. The molecule has 1 aromatic rings. The quantitative estimate of drug-likeness (QED) is 0.640. The summed E-state index contributed by atoms with van der Waals surface area (Å²) in [6, 6.07) is 7.54. The number of likely N-dealkylation sites (tertiary alicyclic amines) is 1. The lowest BCUT2D eigenvalue weighted by molar-refractivity contribution is -0.132. The van der Waals surface area contributed by atoms with E-state index in [-0.39, 0.29) is 17.7 Å². The molecule has 2 aliphatic rings. The minimum Gasteiger partial charge on any atom is -0.340 e. The van der Waals surface area contributed by atoms with Gasteiger partial charge in [0.25, 0.3) is 5.91 Å². The van der Waals surface area contributed by atoms with Gasteiger partial charge in [0.05, 0.1) is 0 Å². The molecule has 1 unspecified atom stereocenters. The molecule has 8 nitrogen and oxygen atoms in total. The SMILES string of the molecule is CC(=O)Nc1cccc(C(=O)N(CCC(=O)N2CCNCC2)CCN2CCCCC2C)c1. The molecule has 1 aromatic carbocycles. The zero-order valence-electron chi connectivity index (χ0n) is 19.4. The van der Waals surface area contributed by atoms with E-state index >= 15 is 0 Å². The summed E-state index contributed by atoms with van der Waals surface area (Å²) in [6.07, 6.45) is 3.97. The van der Waals surface area contributed by atoms with Crippen LogP contribution in [0.25, 0.3) is 0 Å². The number of carbonyl (C=O) groups excluding carboxylic acids is 3. The third-order valence-corrected chi connectivity index (χ3v) is 6.38. The van der Waals surface area contributed by atoms with Gasteiger partial charge in [0.15, 0.2) is 0 Å². The van der Waals surface area contributed by atoms with Crippen LogP contribution in [0, 0.1) is 0 Å². The summed E-state index contributed by atoms with van der Waals surface area (Å²) in [4.78, 5) is 43.6. The first-order valence-corrected chi connectivity index (χ1v) is 11.8. The van der Waals surface area contributed by atoms with Gasteiger partial charge in [0.1, 0.15) is 0 Å². The van der Waals surface area contributed by atoms with Crippen molar-refractivity contribution in [1.29, 1.82) is 0 Å². The van der Waals surface area contributed by atoms with Gasteiger partial charge in [0, 0.05) is 76.5 Å². The van der Waals surface area contributed by atoms with Gasteiger partial charge in [0.2, 0.25) is 11.8 Å². The summed E-state index contributed by atoms with van der Waals surface area (Å²) in [5.74, 6) is -0.176. The van der Waals surface area contributed by atoms with E-state index in [9.17, 15) is 14.4 Å². The lowest BCUT2D eigenvalue weighted by atomic mass is 10.0. The Labute approximate surface area is 191 Å². The molecule has 3 rings (SSSR count). The Balaban J connectivity index is 1.67. The van der Waals surface area contributed by atoms with Crippen molar-refractivity contribution in [3.05, 3.63) is 29.8 Å². The molecule has 0 spiro atoms. The fourth-order valence-electron chi connectivity index (χ4n) is 4.47. The molecule has 0 saturated carbocycles. The molecule has 0 bridgehead atoms. The normalized spacial score (nSPS) is 19.4. The highest BCUT2D eigenvalue weighted by Crippen LogP contribution is 2.17. The number of hydrogen-bond acceptors (Lipinski definition) is 5. The van der Waals surface area contributed by atoms with Crippen LogP contribution in [0.15, 0.2) is 24.3 Å². The van der Waals surface area contributed by atoms with Gasteiger partial charge in [-0.1, -0.05) is 12.5 Å². The van der Waals surface area contributed by atoms with E-state index < -0.39 is 0 Å². The van der Waals surface area contributed by atoms with Crippen LogP contribution in [0.5, 0.6) is 0 Å². The van der Waals surface area contributed by atoms with Crippen LogP contribution in [0.4, 0.5) is 5.69 Å². The van der Waals surface area contributed by atoms with Crippen LogP contribution in [-0.4, -0.2) is 90.8 Å². The predicted octanol–water partition coefficient (Wildman–Crippen LogP) is 1.78. The van der Waals surface area contributed by atoms with Gasteiger partial charge < -0.3 is 20.4 Å². The zero-order valence-corrected chi connectivity index (χ0v) is 19.4. The first-order chi connectivity index (χ1) is 15.4. The number of hydrogen-bond donors (Lipinski definition) is 2. The third-order valence-electron chi connectivity index (χ3n) is 6.38. The number of piperazine rings is 1. The Kier molecular flexibility index (Phi) is 9.05. The summed E-state index contributed by atoms with van der Waals surface area (Å²) >= 11 is 0. The maximum absolute atomic E-state index is 13.4. The number of nitrogens with zero attached hydrogens (tertiary/aromatic N) is 3. The van der Waals surface area contributed by atoms with Crippen LogP contribution in [-0.2, 0) is 9.59 Å². The van der Waals surface area contributed by atoms with Gasteiger partial charge in [-0.25, -0.2) is 0 Å². The summed E-state index contributed by atoms with van der Waals surface area (Å²) < 4.78 is 0. The van der Waals surface area contributed by atoms with Crippen molar-refractivity contribution < 1.29 is 14.4 Å². The van der Waals surface area contributed by atoms with E-state index in [2.05, 4.69) is 22.5 Å². The molecular formula is C24H37N5O3. The molecule has 2 saturated heterocycles. The third kappa shape index (κ3) is 7.03. The second-order valence-electron chi connectivity index (χ2n) is 8.82. The fraction of sp³-hybridized carbons (Fsp3) is 0.625. The van der Waals surface area contributed by atoms with Crippen LogP contribution >= 0.6 is 0 Å². The van der Waals surface area contributed by atoms with Crippen LogP contribution in [0.1, 0.15) is 49.9 Å². The van der Waals surface area contributed by atoms with Gasteiger partial charge >= 0.3 is 0 Å².